The van der Waals surface area contributed by atoms with Gasteiger partial charge in [0.1, 0.15) is 0 Å². The van der Waals surface area contributed by atoms with Gasteiger partial charge in [0.25, 0.3) is 0 Å². The van der Waals surface area contributed by atoms with Crippen molar-refractivity contribution < 1.29 is 24.3 Å². The number of anilines is 2. The maximum atomic E-state index is 12.9. The zero-order chi connectivity index (χ0) is 23.5. The van der Waals surface area contributed by atoms with Gasteiger partial charge in [-0.2, -0.15) is 0 Å². The summed E-state index contributed by atoms with van der Waals surface area (Å²) >= 11 is 1.31. The van der Waals surface area contributed by atoms with Crippen molar-refractivity contribution in [1.82, 2.24) is 0 Å². The van der Waals surface area contributed by atoms with Gasteiger partial charge in [0.2, 0.25) is 17.7 Å². The molecule has 0 unspecified atom stereocenters. The lowest BCUT2D eigenvalue weighted by Crippen LogP contribution is -2.34. The monoisotopic (exact) mass is 464 g/mol. The maximum Gasteiger partial charge on any atom is 0.307 e. The molecular weight excluding hydrogens is 440 g/mol. The van der Waals surface area contributed by atoms with Crippen molar-refractivity contribution in [2.45, 2.75) is 36.3 Å². The molecule has 1 aliphatic heterocycles. The predicted molar refractivity (Wildman–Crippen MR) is 126 cm³/mol. The van der Waals surface area contributed by atoms with Crippen molar-refractivity contribution in [1.29, 1.82) is 0 Å². The quantitative estimate of drug-likeness (QED) is 0.494. The highest BCUT2D eigenvalue weighted by Crippen LogP contribution is 2.35. The number of amides is 3. The SMILES string of the molecule is Cc1ccc(N2C(=O)C[C@@H](Sc3ccc(NC(=O)[C@@H]4CC=CC[C@@H]4C(=O)O)cc3)C2=O)cc1. The number of carboxylic acid groups (broad SMARTS) is 1. The molecule has 3 atom stereocenters. The Morgan fingerprint density at radius 3 is 2.24 bits per heavy atom. The van der Waals surface area contributed by atoms with E-state index in [9.17, 15) is 24.3 Å². The minimum atomic E-state index is -0.971. The summed E-state index contributed by atoms with van der Waals surface area (Å²) in [7, 11) is 0. The van der Waals surface area contributed by atoms with E-state index >= 15 is 0 Å². The molecule has 0 aromatic heterocycles. The van der Waals surface area contributed by atoms with Gasteiger partial charge in [0, 0.05) is 17.0 Å². The average molecular weight is 465 g/mol. The Bertz CT molecular complexity index is 1110. The van der Waals surface area contributed by atoms with Gasteiger partial charge in [-0.15, -0.1) is 11.8 Å². The summed E-state index contributed by atoms with van der Waals surface area (Å²) in [6, 6.07) is 14.3. The third-order valence-electron chi connectivity index (χ3n) is 5.88. The fourth-order valence-electron chi connectivity index (χ4n) is 4.05. The third-order valence-corrected chi connectivity index (χ3v) is 7.08. The number of thioether (sulfide) groups is 1. The third kappa shape index (κ3) is 5.01. The minimum absolute atomic E-state index is 0.127. The molecule has 2 N–H and O–H groups in total. The van der Waals surface area contributed by atoms with E-state index in [1.54, 1.807) is 42.5 Å². The molecule has 2 aromatic rings. The van der Waals surface area contributed by atoms with E-state index in [0.29, 0.717) is 24.2 Å². The number of imide groups is 1. The summed E-state index contributed by atoms with van der Waals surface area (Å²) < 4.78 is 0. The van der Waals surface area contributed by atoms with Crippen molar-refractivity contribution in [3.63, 3.8) is 0 Å². The lowest BCUT2D eigenvalue weighted by Gasteiger charge is -2.24. The Labute approximate surface area is 195 Å². The zero-order valence-corrected chi connectivity index (χ0v) is 18.9. The van der Waals surface area contributed by atoms with Gasteiger partial charge in [-0.25, -0.2) is 4.90 Å². The minimum Gasteiger partial charge on any atom is -0.481 e. The molecule has 8 heteroatoms. The van der Waals surface area contributed by atoms with Gasteiger partial charge < -0.3 is 10.4 Å². The van der Waals surface area contributed by atoms with E-state index in [-0.39, 0.29) is 24.1 Å². The molecule has 170 valence electrons. The molecule has 0 saturated carbocycles. The van der Waals surface area contributed by atoms with E-state index in [4.69, 9.17) is 0 Å². The molecule has 7 nitrogen and oxygen atoms in total. The number of carbonyl (C=O) groups excluding carboxylic acids is 3. The summed E-state index contributed by atoms with van der Waals surface area (Å²) in [5.41, 5.74) is 2.18. The second-order valence-corrected chi connectivity index (χ2v) is 9.50. The first kappa shape index (κ1) is 22.8. The second-order valence-electron chi connectivity index (χ2n) is 8.22. The lowest BCUT2D eigenvalue weighted by molar-refractivity contribution is -0.146. The van der Waals surface area contributed by atoms with Crippen molar-refractivity contribution in [2.75, 3.05) is 10.2 Å². The fraction of sp³-hybridized carbons (Fsp3) is 0.280. The van der Waals surface area contributed by atoms with Crippen LogP contribution in [0.4, 0.5) is 11.4 Å². The number of allylic oxidation sites excluding steroid dienone is 2. The van der Waals surface area contributed by atoms with Gasteiger partial charge in [-0.3, -0.25) is 19.2 Å². The van der Waals surface area contributed by atoms with Crippen LogP contribution >= 0.6 is 11.8 Å². The molecule has 4 rings (SSSR count). The second kappa shape index (κ2) is 9.62. The van der Waals surface area contributed by atoms with E-state index < -0.39 is 23.1 Å². The van der Waals surface area contributed by atoms with Crippen molar-refractivity contribution >= 4 is 46.8 Å². The average Bonchev–Trinajstić information content (AvgIpc) is 3.08. The number of carboxylic acids is 1. The Morgan fingerprint density at radius 1 is 0.970 bits per heavy atom. The zero-order valence-electron chi connectivity index (χ0n) is 18.1. The molecule has 0 bridgehead atoms. The van der Waals surface area contributed by atoms with E-state index in [1.807, 2.05) is 25.1 Å². The molecule has 2 aliphatic rings. The molecule has 0 spiro atoms. The first-order chi connectivity index (χ1) is 15.8. The Kier molecular flexibility index (Phi) is 6.65. The lowest BCUT2D eigenvalue weighted by atomic mass is 9.82. The molecule has 3 amide bonds. The Morgan fingerprint density at radius 2 is 1.61 bits per heavy atom. The van der Waals surface area contributed by atoms with Crippen LogP contribution in [0, 0.1) is 18.8 Å². The normalized spacial score (nSPS) is 22.5. The largest absolute Gasteiger partial charge is 0.481 e. The van der Waals surface area contributed by atoms with Gasteiger partial charge in [0.15, 0.2) is 0 Å². The fourth-order valence-corrected chi connectivity index (χ4v) is 5.11. The highest BCUT2D eigenvalue weighted by Gasteiger charge is 2.40. The van der Waals surface area contributed by atoms with Gasteiger partial charge in [0.05, 0.1) is 22.8 Å². The summed E-state index contributed by atoms with van der Waals surface area (Å²) in [6.07, 6.45) is 4.50. The number of benzene rings is 2. The summed E-state index contributed by atoms with van der Waals surface area (Å²) in [5.74, 6) is -3.10. The van der Waals surface area contributed by atoms with E-state index in [1.165, 1.54) is 16.7 Å². The van der Waals surface area contributed by atoms with Crippen LogP contribution in [-0.2, 0) is 19.2 Å². The van der Waals surface area contributed by atoms with Crippen LogP contribution in [0.25, 0.3) is 0 Å². The molecular formula is C25H24N2O5S. The van der Waals surface area contributed by atoms with Crippen molar-refractivity contribution in [3.05, 3.63) is 66.2 Å². The van der Waals surface area contributed by atoms with Crippen LogP contribution in [0.3, 0.4) is 0 Å². The van der Waals surface area contributed by atoms with Crippen LogP contribution in [0.1, 0.15) is 24.8 Å². The van der Waals surface area contributed by atoms with E-state index in [0.717, 1.165) is 10.5 Å². The number of hydrogen-bond acceptors (Lipinski definition) is 5. The standard InChI is InChI=1S/C25H24N2O5S/c1-15-6-10-17(11-7-15)27-22(28)14-21(24(27)30)33-18-12-8-16(9-13-18)26-23(29)19-4-2-3-5-20(19)25(31)32/h2-3,6-13,19-21H,4-5,14H2,1H3,(H,26,29)(H,31,32)/t19-,20+,21-/m1/s1. The summed E-state index contributed by atoms with van der Waals surface area (Å²) in [5, 5.41) is 11.6. The highest BCUT2D eigenvalue weighted by molar-refractivity contribution is 8.00. The smallest absolute Gasteiger partial charge is 0.307 e. The van der Waals surface area contributed by atoms with E-state index in [2.05, 4.69) is 5.32 Å². The first-order valence-electron chi connectivity index (χ1n) is 10.7. The van der Waals surface area contributed by atoms with Crippen LogP contribution in [0.2, 0.25) is 0 Å². The van der Waals surface area contributed by atoms with Crippen molar-refractivity contribution in [2.24, 2.45) is 11.8 Å². The topological polar surface area (TPSA) is 104 Å². The Hall–Kier alpha value is -3.39. The van der Waals surface area contributed by atoms with Crippen LogP contribution in [-0.4, -0.2) is 34.0 Å². The van der Waals surface area contributed by atoms with Crippen LogP contribution in [0.5, 0.6) is 0 Å². The number of aliphatic carboxylic acids is 1. The predicted octanol–water partition coefficient (Wildman–Crippen LogP) is 4.02. The van der Waals surface area contributed by atoms with Crippen LogP contribution in [0.15, 0.2) is 65.6 Å². The molecule has 1 heterocycles. The van der Waals surface area contributed by atoms with Crippen molar-refractivity contribution in [3.8, 4) is 0 Å². The maximum absolute atomic E-state index is 12.9. The van der Waals surface area contributed by atoms with Crippen LogP contribution < -0.4 is 10.2 Å². The number of aryl methyl sites for hydroxylation is 1. The number of hydrogen-bond donors (Lipinski definition) is 2. The first-order valence-corrected chi connectivity index (χ1v) is 11.6. The summed E-state index contributed by atoms with van der Waals surface area (Å²) in [4.78, 5) is 51.4. The number of nitrogens with zero attached hydrogens (tertiary/aromatic N) is 1. The molecule has 2 aromatic carbocycles. The molecule has 0 radical (unpaired) electrons. The highest BCUT2D eigenvalue weighted by atomic mass is 32.2. The van der Waals surface area contributed by atoms with Gasteiger partial charge >= 0.3 is 5.97 Å². The molecule has 33 heavy (non-hydrogen) atoms. The summed E-state index contributed by atoms with van der Waals surface area (Å²) in [6.45, 7) is 1.94. The molecule has 1 saturated heterocycles. The molecule has 1 fully saturated rings. The van der Waals surface area contributed by atoms with Gasteiger partial charge in [-0.1, -0.05) is 29.8 Å². The number of carbonyl (C=O) groups is 4. The van der Waals surface area contributed by atoms with Gasteiger partial charge in [-0.05, 0) is 56.2 Å². The molecule has 1 aliphatic carbocycles. The number of nitrogens with one attached hydrogen (secondary N) is 1. The number of rotatable bonds is 6. The Balaban J connectivity index is 1.39.